The maximum atomic E-state index is 6.35. The molecule has 0 heterocycles. The lowest BCUT2D eigenvalue weighted by atomic mass is 9.88. The molecule has 0 nitrogen and oxygen atoms in total. The largest absolute Gasteiger partial charge is 0.123 e. The molecule has 0 spiro atoms. The first kappa shape index (κ1) is 12.0. The summed E-state index contributed by atoms with van der Waals surface area (Å²) in [4.78, 5) is 0. The standard InChI is InChI=1S/C15H21Cl/c1-11-7-8-15(12(2)9-11)13-5-3-4-6-14(16)10-13/h7-9,13-14H,3-6,10H2,1-2H3. The van der Waals surface area contributed by atoms with Crippen LogP contribution in [0.5, 0.6) is 0 Å². The molecule has 2 atom stereocenters. The van der Waals surface area contributed by atoms with Gasteiger partial charge in [-0.3, -0.25) is 0 Å². The Balaban J connectivity index is 2.21. The monoisotopic (exact) mass is 236 g/mol. The van der Waals surface area contributed by atoms with E-state index >= 15 is 0 Å². The molecule has 88 valence electrons. The summed E-state index contributed by atoms with van der Waals surface area (Å²) >= 11 is 6.35. The summed E-state index contributed by atoms with van der Waals surface area (Å²) in [5.41, 5.74) is 4.33. The molecule has 0 aliphatic heterocycles. The van der Waals surface area contributed by atoms with Gasteiger partial charge < -0.3 is 0 Å². The van der Waals surface area contributed by atoms with E-state index in [-0.39, 0.29) is 0 Å². The molecule has 0 bridgehead atoms. The van der Waals surface area contributed by atoms with Crippen LogP contribution in [-0.2, 0) is 0 Å². The Hall–Kier alpha value is -0.490. The SMILES string of the molecule is Cc1ccc(C2CCCCC(Cl)C2)c(C)c1. The quantitative estimate of drug-likeness (QED) is 0.478. The van der Waals surface area contributed by atoms with Crippen LogP contribution in [0.25, 0.3) is 0 Å². The second-order valence-electron chi connectivity index (χ2n) is 5.17. The zero-order valence-electron chi connectivity index (χ0n) is 10.3. The zero-order chi connectivity index (χ0) is 11.5. The molecule has 1 saturated carbocycles. The van der Waals surface area contributed by atoms with E-state index in [9.17, 15) is 0 Å². The number of hydrogen-bond acceptors (Lipinski definition) is 0. The summed E-state index contributed by atoms with van der Waals surface area (Å²) in [6.45, 7) is 4.39. The fourth-order valence-electron chi connectivity index (χ4n) is 2.87. The number of halogens is 1. The molecule has 2 unspecified atom stereocenters. The van der Waals surface area contributed by atoms with E-state index < -0.39 is 0 Å². The topological polar surface area (TPSA) is 0 Å². The number of alkyl halides is 1. The van der Waals surface area contributed by atoms with E-state index in [1.165, 1.54) is 42.4 Å². The molecule has 1 aromatic carbocycles. The van der Waals surface area contributed by atoms with Crippen LogP contribution < -0.4 is 0 Å². The van der Waals surface area contributed by atoms with Gasteiger partial charge in [-0.25, -0.2) is 0 Å². The Bertz CT molecular complexity index is 356. The first-order valence-electron chi connectivity index (χ1n) is 6.38. The molecular weight excluding hydrogens is 216 g/mol. The van der Waals surface area contributed by atoms with E-state index in [4.69, 9.17) is 11.6 Å². The minimum atomic E-state index is 0.383. The van der Waals surface area contributed by atoms with Crippen molar-refractivity contribution in [2.45, 2.75) is 57.2 Å². The molecule has 1 aromatic rings. The van der Waals surface area contributed by atoms with Crippen molar-refractivity contribution in [3.8, 4) is 0 Å². The van der Waals surface area contributed by atoms with E-state index in [0.717, 1.165) is 6.42 Å². The van der Waals surface area contributed by atoms with Crippen LogP contribution in [0.3, 0.4) is 0 Å². The maximum Gasteiger partial charge on any atom is 0.0341 e. The predicted molar refractivity (Wildman–Crippen MR) is 71.4 cm³/mol. The third kappa shape index (κ3) is 2.79. The number of hydrogen-bond donors (Lipinski definition) is 0. The van der Waals surface area contributed by atoms with Gasteiger partial charge in [0.2, 0.25) is 0 Å². The fourth-order valence-corrected chi connectivity index (χ4v) is 3.24. The van der Waals surface area contributed by atoms with E-state index in [2.05, 4.69) is 32.0 Å². The summed E-state index contributed by atoms with van der Waals surface area (Å²) in [5, 5.41) is 0.383. The smallest absolute Gasteiger partial charge is 0.0341 e. The van der Waals surface area contributed by atoms with Crippen LogP contribution in [0.15, 0.2) is 18.2 Å². The molecule has 0 aromatic heterocycles. The molecule has 0 amide bonds. The van der Waals surface area contributed by atoms with Crippen LogP contribution in [0.2, 0.25) is 0 Å². The van der Waals surface area contributed by atoms with Crippen molar-refractivity contribution in [2.24, 2.45) is 0 Å². The Morgan fingerprint density at radius 1 is 1.12 bits per heavy atom. The Morgan fingerprint density at radius 2 is 1.88 bits per heavy atom. The van der Waals surface area contributed by atoms with Crippen LogP contribution >= 0.6 is 11.6 Å². The summed E-state index contributed by atoms with van der Waals surface area (Å²) < 4.78 is 0. The zero-order valence-corrected chi connectivity index (χ0v) is 11.1. The van der Waals surface area contributed by atoms with E-state index in [1.807, 2.05) is 0 Å². The van der Waals surface area contributed by atoms with Crippen molar-refractivity contribution < 1.29 is 0 Å². The van der Waals surface area contributed by atoms with Crippen molar-refractivity contribution in [1.82, 2.24) is 0 Å². The molecule has 0 saturated heterocycles. The van der Waals surface area contributed by atoms with Gasteiger partial charge in [-0.2, -0.15) is 0 Å². The van der Waals surface area contributed by atoms with Crippen LogP contribution in [0, 0.1) is 13.8 Å². The normalized spacial score (nSPS) is 26.4. The molecular formula is C15H21Cl. The lowest BCUT2D eigenvalue weighted by Gasteiger charge is -2.19. The van der Waals surface area contributed by atoms with Gasteiger partial charge in [0.15, 0.2) is 0 Å². The molecule has 2 rings (SSSR count). The average molecular weight is 237 g/mol. The van der Waals surface area contributed by atoms with Crippen LogP contribution in [0.1, 0.15) is 54.7 Å². The third-order valence-electron chi connectivity index (χ3n) is 3.73. The molecule has 0 N–H and O–H groups in total. The molecule has 1 fully saturated rings. The van der Waals surface area contributed by atoms with Gasteiger partial charge in [0.05, 0.1) is 0 Å². The molecule has 1 aliphatic carbocycles. The summed E-state index contributed by atoms with van der Waals surface area (Å²) in [7, 11) is 0. The summed E-state index contributed by atoms with van der Waals surface area (Å²) in [6.07, 6.45) is 6.30. The first-order valence-corrected chi connectivity index (χ1v) is 6.81. The first-order chi connectivity index (χ1) is 7.66. The Labute approximate surface area is 104 Å². The minimum Gasteiger partial charge on any atom is -0.123 e. The summed E-state index contributed by atoms with van der Waals surface area (Å²) in [5.74, 6) is 0.686. The molecule has 1 heteroatoms. The predicted octanol–water partition coefficient (Wildman–Crippen LogP) is 4.96. The second-order valence-corrected chi connectivity index (χ2v) is 5.79. The lowest BCUT2D eigenvalue weighted by molar-refractivity contribution is 0.592. The van der Waals surface area contributed by atoms with E-state index in [0.29, 0.717) is 11.3 Å². The van der Waals surface area contributed by atoms with Gasteiger partial charge in [0, 0.05) is 5.38 Å². The maximum absolute atomic E-state index is 6.35. The highest BCUT2D eigenvalue weighted by Crippen LogP contribution is 2.35. The van der Waals surface area contributed by atoms with Crippen molar-refractivity contribution in [3.05, 3.63) is 34.9 Å². The van der Waals surface area contributed by atoms with Crippen molar-refractivity contribution in [1.29, 1.82) is 0 Å². The van der Waals surface area contributed by atoms with Gasteiger partial charge in [-0.15, -0.1) is 11.6 Å². The van der Waals surface area contributed by atoms with Gasteiger partial charge in [0.25, 0.3) is 0 Å². The fraction of sp³-hybridized carbons (Fsp3) is 0.600. The van der Waals surface area contributed by atoms with Gasteiger partial charge in [0.1, 0.15) is 0 Å². The molecule has 16 heavy (non-hydrogen) atoms. The summed E-state index contributed by atoms with van der Waals surface area (Å²) in [6, 6.07) is 6.84. The highest BCUT2D eigenvalue weighted by Gasteiger charge is 2.20. The van der Waals surface area contributed by atoms with Gasteiger partial charge >= 0.3 is 0 Å². The van der Waals surface area contributed by atoms with Crippen molar-refractivity contribution in [3.63, 3.8) is 0 Å². The Morgan fingerprint density at radius 3 is 2.62 bits per heavy atom. The molecule has 1 aliphatic rings. The Kier molecular flexibility index (Phi) is 3.91. The van der Waals surface area contributed by atoms with Gasteiger partial charge in [-0.05, 0) is 50.2 Å². The molecule has 0 radical (unpaired) electrons. The van der Waals surface area contributed by atoms with Gasteiger partial charge in [-0.1, -0.05) is 36.6 Å². The lowest BCUT2D eigenvalue weighted by Crippen LogP contribution is -2.05. The van der Waals surface area contributed by atoms with Crippen molar-refractivity contribution in [2.75, 3.05) is 0 Å². The highest BCUT2D eigenvalue weighted by molar-refractivity contribution is 6.20. The minimum absolute atomic E-state index is 0.383. The number of benzene rings is 1. The number of rotatable bonds is 1. The van der Waals surface area contributed by atoms with E-state index in [1.54, 1.807) is 0 Å². The number of aryl methyl sites for hydroxylation is 2. The van der Waals surface area contributed by atoms with Crippen LogP contribution in [0.4, 0.5) is 0 Å². The van der Waals surface area contributed by atoms with Crippen molar-refractivity contribution >= 4 is 11.6 Å². The van der Waals surface area contributed by atoms with Crippen LogP contribution in [-0.4, -0.2) is 5.38 Å². The average Bonchev–Trinajstić information content (AvgIpc) is 2.43. The second kappa shape index (κ2) is 5.23. The highest BCUT2D eigenvalue weighted by atomic mass is 35.5. The third-order valence-corrected chi connectivity index (χ3v) is 4.12.